The van der Waals surface area contributed by atoms with Gasteiger partial charge in [0.05, 0.1) is 0 Å². The number of hydrogen-bond donors (Lipinski definition) is 1. The van der Waals surface area contributed by atoms with E-state index in [-0.39, 0.29) is 17.4 Å². The van der Waals surface area contributed by atoms with E-state index in [1.165, 1.54) is 35.5 Å². The Morgan fingerprint density at radius 1 is 1.26 bits per heavy atom. The average molecular weight is 255 g/mol. The van der Waals surface area contributed by atoms with E-state index < -0.39 is 0 Å². The van der Waals surface area contributed by atoms with E-state index >= 15 is 0 Å². The van der Waals surface area contributed by atoms with Crippen LogP contribution in [0.1, 0.15) is 10.5 Å². The Balaban J connectivity index is 1.91. The normalized spacial score (nSPS) is 10.5. The number of aromatic nitrogens is 3. The summed E-state index contributed by atoms with van der Waals surface area (Å²) in [6, 6.07) is 8.01. The molecule has 6 heteroatoms. The molecular formula is C13H9N3O3. The highest BCUT2D eigenvalue weighted by atomic mass is 16.3. The molecule has 0 fully saturated rings. The molecule has 6 nitrogen and oxygen atoms in total. The summed E-state index contributed by atoms with van der Waals surface area (Å²) in [6.07, 6.45) is 4.34. The number of phenolic OH excluding ortho intramolecular Hbond substituents is 1. The van der Waals surface area contributed by atoms with Crippen molar-refractivity contribution in [2.24, 2.45) is 0 Å². The van der Waals surface area contributed by atoms with Crippen molar-refractivity contribution in [1.82, 2.24) is 14.8 Å². The summed E-state index contributed by atoms with van der Waals surface area (Å²) >= 11 is 0. The maximum absolute atomic E-state index is 11.9. The predicted molar refractivity (Wildman–Crippen MR) is 65.6 cm³/mol. The van der Waals surface area contributed by atoms with E-state index in [2.05, 4.69) is 10.1 Å². The molecule has 0 radical (unpaired) electrons. The van der Waals surface area contributed by atoms with Crippen molar-refractivity contribution < 1.29 is 14.3 Å². The van der Waals surface area contributed by atoms with Crippen molar-refractivity contribution in [2.45, 2.75) is 0 Å². The molecule has 0 aliphatic carbocycles. The lowest BCUT2D eigenvalue weighted by atomic mass is 10.2. The van der Waals surface area contributed by atoms with Gasteiger partial charge in [-0.25, -0.2) is 9.67 Å². The van der Waals surface area contributed by atoms with Gasteiger partial charge >= 0.3 is 0 Å². The number of aromatic hydroxyl groups is 1. The highest BCUT2D eigenvalue weighted by Crippen LogP contribution is 2.21. The van der Waals surface area contributed by atoms with Gasteiger partial charge in [0.15, 0.2) is 5.69 Å². The molecule has 1 aromatic carbocycles. The fraction of sp³-hybridized carbons (Fsp3) is 0. The maximum atomic E-state index is 11.9. The quantitative estimate of drug-likeness (QED) is 0.756. The standard InChI is InChI=1S/C13H9N3O3/c17-10-4-2-9(3-5-10)12-15-11(8-19-12)13(18)16-7-1-6-14-16/h1-8,17H. The maximum Gasteiger partial charge on any atom is 0.300 e. The van der Waals surface area contributed by atoms with E-state index in [9.17, 15) is 9.90 Å². The molecule has 2 heterocycles. The van der Waals surface area contributed by atoms with Crippen LogP contribution in [0.2, 0.25) is 0 Å². The summed E-state index contributed by atoms with van der Waals surface area (Å²) in [5.41, 5.74) is 0.851. The van der Waals surface area contributed by atoms with Crippen LogP contribution in [0.3, 0.4) is 0 Å². The molecule has 0 amide bonds. The number of benzene rings is 1. The fourth-order valence-corrected chi connectivity index (χ4v) is 1.61. The molecule has 3 aromatic rings. The first-order valence-corrected chi connectivity index (χ1v) is 5.53. The first-order valence-electron chi connectivity index (χ1n) is 5.53. The van der Waals surface area contributed by atoms with Gasteiger partial charge in [0.25, 0.3) is 5.91 Å². The zero-order chi connectivity index (χ0) is 13.2. The second kappa shape index (κ2) is 4.41. The van der Waals surface area contributed by atoms with Crippen LogP contribution in [0, 0.1) is 0 Å². The summed E-state index contributed by atoms with van der Waals surface area (Å²) in [5, 5.41) is 13.0. The lowest BCUT2D eigenvalue weighted by molar-refractivity contribution is 0.0940. The third-order valence-corrected chi connectivity index (χ3v) is 2.55. The van der Waals surface area contributed by atoms with E-state index in [4.69, 9.17) is 4.42 Å². The fourth-order valence-electron chi connectivity index (χ4n) is 1.61. The number of nitrogens with zero attached hydrogens (tertiary/aromatic N) is 3. The second-order valence-electron chi connectivity index (χ2n) is 3.84. The third-order valence-electron chi connectivity index (χ3n) is 2.55. The smallest absolute Gasteiger partial charge is 0.300 e. The molecule has 0 atom stereocenters. The van der Waals surface area contributed by atoms with Crippen LogP contribution in [0.4, 0.5) is 0 Å². The Kier molecular flexibility index (Phi) is 2.60. The van der Waals surface area contributed by atoms with Crippen LogP contribution in [0.15, 0.2) is 53.4 Å². The van der Waals surface area contributed by atoms with Gasteiger partial charge < -0.3 is 9.52 Å². The molecule has 19 heavy (non-hydrogen) atoms. The van der Waals surface area contributed by atoms with Crippen molar-refractivity contribution in [1.29, 1.82) is 0 Å². The summed E-state index contributed by atoms with van der Waals surface area (Å²) < 4.78 is 6.43. The minimum atomic E-state index is -0.362. The molecule has 0 bridgehead atoms. The predicted octanol–water partition coefficient (Wildman–Crippen LogP) is 1.93. The van der Waals surface area contributed by atoms with Gasteiger partial charge in [-0.3, -0.25) is 4.79 Å². The molecule has 0 spiro atoms. The lowest BCUT2D eigenvalue weighted by Crippen LogP contribution is -2.12. The molecule has 0 unspecified atom stereocenters. The van der Waals surface area contributed by atoms with Crippen molar-refractivity contribution in [2.75, 3.05) is 0 Å². The highest BCUT2D eigenvalue weighted by Gasteiger charge is 2.15. The number of carbonyl (C=O) groups excluding carboxylic acids is 1. The number of oxazole rings is 1. The molecule has 3 rings (SSSR count). The highest BCUT2D eigenvalue weighted by molar-refractivity contribution is 5.93. The number of hydrogen-bond acceptors (Lipinski definition) is 5. The monoisotopic (exact) mass is 255 g/mol. The Morgan fingerprint density at radius 3 is 2.74 bits per heavy atom. The summed E-state index contributed by atoms with van der Waals surface area (Å²) in [7, 11) is 0. The minimum Gasteiger partial charge on any atom is -0.508 e. The average Bonchev–Trinajstić information content (AvgIpc) is 3.10. The minimum absolute atomic E-state index is 0.156. The summed E-state index contributed by atoms with van der Waals surface area (Å²) in [4.78, 5) is 16.1. The van der Waals surface area contributed by atoms with Crippen LogP contribution in [0.25, 0.3) is 11.5 Å². The van der Waals surface area contributed by atoms with E-state index in [1.807, 2.05) is 0 Å². The van der Waals surface area contributed by atoms with Crippen LogP contribution >= 0.6 is 0 Å². The van der Waals surface area contributed by atoms with E-state index in [0.29, 0.717) is 11.5 Å². The molecule has 0 aliphatic rings. The van der Waals surface area contributed by atoms with Gasteiger partial charge in [-0.05, 0) is 30.3 Å². The third kappa shape index (κ3) is 2.11. The Morgan fingerprint density at radius 2 is 2.05 bits per heavy atom. The topological polar surface area (TPSA) is 81.1 Å². The Hall–Kier alpha value is -2.89. The molecular weight excluding hydrogens is 246 g/mol. The summed E-state index contributed by atoms with van der Waals surface area (Å²) in [5.74, 6) is 0.109. The molecule has 0 saturated carbocycles. The van der Waals surface area contributed by atoms with E-state index in [1.54, 1.807) is 18.2 Å². The van der Waals surface area contributed by atoms with Gasteiger partial charge in [0, 0.05) is 18.0 Å². The lowest BCUT2D eigenvalue weighted by Gasteiger charge is -1.95. The van der Waals surface area contributed by atoms with Gasteiger partial charge in [0.2, 0.25) is 5.89 Å². The van der Waals surface area contributed by atoms with Crippen LogP contribution in [-0.4, -0.2) is 25.8 Å². The number of rotatable bonds is 2. The van der Waals surface area contributed by atoms with Gasteiger partial charge in [0.1, 0.15) is 12.0 Å². The molecule has 94 valence electrons. The van der Waals surface area contributed by atoms with Crippen LogP contribution < -0.4 is 0 Å². The van der Waals surface area contributed by atoms with Crippen molar-refractivity contribution in [3.63, 3.8) is 0 Å². The first-order chi connectivity index (χ1) is 9.24. The number of carbonyl (C=O) groups is 1. The largest absolute Gasteiger partial charge is 0.508 e. The molecule has 0 aliphatic heterocycles. The first kappa shape index (κ1) is 11.2. The van der Waals surface area contributed by atoms with Gasteiger partial charge in [-0.15, -0.1) is 0 Å². The second-order valence-corrected chi connectivity index (χ2v) is 3.84. The van der Waals surface area contributed by atoms with Gasteiger partial charge in [-0.1, -0.05) is 0 Å². The summed E-state index contributed by atoms with van der Waals surface area (Å²) in [6.45, 7) is 0. The van der Waals surface area contributed by atoms with Crippen molar-refractivity contribution in [3.8, 4) is 17.2 Å². The zero-order valence-corrected chi connectivity index (χ0v) is 9.72. The molecule has 0 saturated heterocycles. The van der Waals surface area contributed by atoms with Crippen LogP contribution in [-0.2, 0) is 0 Å². The van der Waals surface area contributed by atoms with Crippen molar-refractivity contribution in [3.05, 3.63) is 54.7 Å². The van der Waals surface area contributed by atoms with Crippen molar-refractivity contribution >= 4 is 5.91 Å². The Labute approximate surface area is 107 Å². The molecule has 2 aromatic heterocycles. The van der Waals surface area contributed by atoms with Crippen LogP contribution in [0.5, 0.6) is 5.75 Å². The van der Waals surface area contributed by atoms with Gasteiger partial charge in [-0.2, -0.15) is 5.10 Å². The SMILES string of the molecule is O=C(c1coc(-c2ccc(O)cc2)n1)n1cccn1. The molecule has 1 N–H and O–H groups in total. The number of phenols is 1. The van der Waals surface area contributed by atoms with E-state index in [0.717, 1.165) is 0 Å². The zero-order valence-electron chi connectivity index (χ0n) is 9.72. The Bertz CT molecular complexity index is 699.